The van der Waals surface area contributed by atoms with E-state index in [0.29, 0.717) is 0 Å². The zero-order valence-corrected chi connectivity index (χ0v) is 10.4. The van der Waals surface area contributed by atoms with Crippen LogP contribution in [-0.2, 0) is 7.05 Å². The highest BCUT2D eigenvalue weighted by Gasteiger charge is 2.07. The van der Waals surface area contributed by atoms with Crippen molar-refractivity contribution in [1.82, 2.24) is 14.3 Å². The van der Waals surface area contributed by atoms with E-state index in [2.05, 4.69) is 21.8 Å². The molecular formula is C13H12ClN3. The Balaban J connectivity index is 2.28. The molecule has 2 heterocycles. The van der Waals surface area contributed by atoms with Gasteiger partial charge in [0.1, 0.15) is 5.82 Å². The fourth-order valence-electron chi connectivity index (χ4n) is 2.14. The molecule has 0 unspecified atom stereocenters. The lowest BCUT2D eigenvalue weighted by Crippen LogP contribution is -2.01. The first-order chi connectivity index (χ1) is 8.15. The molecule has 0 bridgehead atoms. The summed E-state index contributed by atoms with van der Waals surface area (Å²) < 4.78 is 4.00. The van der Waals surface area contributed by atoms with Crippen LogP contribution in [0.25, 0.3) is 16.7 Å². The number of hydrogen-bond acceptors (Lipinski definition) is 1. The summed E-state index contributed by atoms with van der Waals surface area (Å²) >= 11 is 5.98. The fraction of sp³-hybridized carbons (Fsp3) is 0.154. The molecule has 0 atom stereocenters. The van der Waals surface area contributed by atoms with Gasteiger partial charge >= 0.3 is 0 Å². The summed E-state index contributed by atoms with van der Waals surface area (Å²) in [5.74, 6) is 1.06. The number of halogens is 1. The molecule has 3 aromatic rings. The molecule has 0 aliphatic heterocycles. The van der Waals surface area contributed by atoms with Gasteiger partial charge in [-0.25, -0.2) is 0 Å². The van der Waals surface area contributed by atoms with Crippen molar-refractivity contribution in [2.45, 2.75) is 6.92 Å². The smallest absolute Gasteiger partial charge is 0.135 e. The Morgan fingerprint density at radius 2 is 2.00 bits per heavy atom. The van der Waals surface area contributed by atoms with Gasteiger partial charge in [-0.05, 0) is 31.2 Å². The third kappa shape index (κ3) is 1.63. The molecule has 0 aliphatic rings. The number of benzene rings is 1. The minimum absolute atomic E-state index is 0.761. The zero-order valence-electron chi connectivity index (χ0n) is 9.68. The van der Waals surface area contributed by atoms with Gasteiger partial charge in [0.15, 0.2) is 0 Å². The maximum absolute atomic E-state index is 5.98. The van der Waals surface area contributed by atoms with E-state index >= 15 is 0 Å². The Bertz CT molecular complexity index is 694. The normalized spacial score (nSPS) is 11.2. The van der Waals surface area contributed by atoms with E-state index in [9.17, 15) is 0 Å². The number of fused-ring (bicyclic) bond motifs is 1. The predicted octanol–water partition coefficient (Wildman–Crippen LogP) is 3.33. The first-order valence-corrected chi connectivity index (χ1v) is 5.80. The second kappa shape index (κ2) is 3.64. The van der Waals surface area contributed by atoms with Crippen LogP contribution >= 0.6 is 11.6 Å². The van der Waals surface area contributed by atoms with E-state index in [0.717, 1.165) is 27.4 Å². The zero-order chi connectivity index (χ0) is 12.0. The minimum atomic E-state index is 0.761. The van der Waals surface area contributed by atoms with Crippen molar-refractivity contribution in [3.63, 3.8) is 0 Å². The van der Waals surface area contributed by atoms with Gasteiger partial charge in [0, 0.05) is 29.7 Å². The second-order valence-corrected chi connectivity index (χ2v) is 4.59. The SMILES string of the molecule is Cc1cc(-n2ccc3cc(Cl)ccc32)n(C)n1. The summed E-state index contributed by atoms with van der Waals surface area (Å²) in [4.78, 5) is 0. The fourth-order valence-corrected chi connectivity index (χ4v) is 2.32. The Kier molecular flexibility index (Phi) is 2.23. The van der Waals surface area contributed by atoms with E-state index in [1.165, 1.54) is 0 Å². The van der Waals surface area contributed by atoms with Gasteiger partial charge in [-0.3, -0.25) is 4.68 Å². The molecular weight excluding hydrogens is 234 g/mol. The van der Waals surface area contributed by atoms with Gasteiger partial charge in [0.05, 0.1) is 11.2 Å². The first kappa shape index (κ1) is 10.4. The summed E-state index contributed by atoms with van der Waals surface area (Å²) in [5, 5.41) is 6.26. The van der Waals surface area contributed by atoms with Crippen molar-refractivity contribution in [3.8, 4) is 5.82 Å². The highest BCUT2D eigenvalue weighted by molar-refractivity contribution is 6.31. The Morgan fingerprint density at radius 1 is 1.18 bits per heavy atom. The lowest BCUT2D eigenvalue weighted by atomic mass is 10.2. The maximum atomic E-state index is 5.98. The number of aryl methyl sites for hydroxylation is 2. The second-order valence-electron chi connectivity index (χ2n) is 4.16. The van der Waals surface area contributed by atoms with Crippen LogP contribution in [0.15, 0.2) is 36.5 Å². The monoisotopic (exact) mass is 245 g/mol. The van der Waals surface area contributed by atoms with E-state index in [1.807, 2.05) is 43.0 Å². The molecule has 0 saturated heterocycles. The molecule has 17 heavy (non-hydrogen) atoms. The number of rotatable bonds is 1. The van der Waals surface area contributed by atoms with Gasteiger partial charge in [-0.15, -0.1) is 0 Å². The van der Waals surface area contributed by atoms with Crippen molar-refractivity contribution in [3.05, 3.63) is 47.2 Å². The molecule has 4 heteroatoms. The van der Waals surface area contributed by atoms with Gasteiger partial charge in [0.25, 0.3) is 0 Å². The molecule has 86 valence electrons. The molecule has 0 spiro atoms. The van der Waals surface area contributed by atoms with Crippen LogP contribution in [0.4, 0.5) is 0 Å². The standard InChI is InChI=1S/C13H12ClN3/c1-9-7-13(16(2)15-9)17-6-5-10-8-11(14)3-4-12(10)17/h3-8H,1-2H3. The van der Waals surface area contributed by atoms with Crippen LogP contribution in [0, 0.1) is 6.92 Å². The van der Waals surface area contributed by atoms with Crippen molar-refractivity contribution < 1.29 is 0 Å². The molecule has 0 N–H and O–H groups in total. The van der Waals surface area contributed by atoms with Gasteiger partial charge in [-0.2, -0.15) is 5.10 Å². The molecule has 1 aromatic carbocycles. The summed E-state index contributed by atoms with van der Waals surface area (Å²) in [6.07, 6.45) is 2.04. The van der Waals surface area contributed by atoms with E-state index < -0.39 is 0 Å². The van der Waals surface area contributed by atoms with Crippen molar-refractivity contribution in [2.75, 3.05) is 0 Å². The average Bonchev–Trinajstić information content (AvgIpc) is 2.81. The maximum Gasteiger partial charge on any atom is 0.135 e. The topological polar surface area (TPSA) is 22.8 Å². The summed E-state index contributed by atoms with van der Waals surface area (Å²) in [7, 11) is 1.95. The molecule has 0 amide bonds. The van der Waals surface area contributed by atoms with Gasteiger partial charge in [-0.1, -0.05) is 11.6 Å². The molecule has 2 aromatic heterocycles. The highest BCUT2D eigenvalue weighted by atomic mass is 35.5. The largest absolute Gasteiger partial charge is 0.301 e. The quantitative estimate of drug-likeness (QED) is 0.645. The van der Waals surface area contributed by atoms with Crippen molar-refractivity contribution >= 4 is 22.5 Å². The van der Waals surface area contributed by atoms with Gasteiger partial charge in [0.2, 0.25) is 0 Å². The summed E-state index contributed by atoms with van der Waals surface area (Å²) in [6.45, 7) is 1.99. The van der Waals surface area contributed by atoms with Crippen LogP contribution in [-0.4, -0.2) is 14.3 Å². The van der Waals surface area contributed by atoms with Crippen LogP contribution in [0.3, 0.4) is 0 Å². The van der Waals surface area contributed by atoms with Crippen LogP contribution in [0.2, 0.25) is 5.02 Å². The van der Waals surface area contributed by atoms with Crippen LogP contribution in [0.1, 0.15) is 5.69 Å². The van der Waals surface area contributed by atoms with Crippen molar-refractivity contribution in [1.29, 1.82) is 0 Å². The Hall–Kier alpha value is -1.74. The molecule has 0 saturated carbocycles. The number of nitrogens with zero attached hydrogens (tertiary/aromatic N) is 3. The number of aromatic nitrogens is 3. The molecule has 3 rings (SSSR count). The molecule has 0 radical (unpaired) electrons. The number of hydrogen-bond donors (Lipinski definition) is 0. The minimum Gasteiger partial charge on any atom is -0.301 e. The molecule has 0 aliphatic carbocycles. The lowest BCUT2D eigenvalue weighted by molar-refractivity contribution is 0.728. The van der Waals surface area contributed by atoms with Gasteiger partial charge < -0.3 is 4.57 Å². The van der Waals surface area contributed by atoms with E-state index in [-0.39, 0.29) is 0 Å². The Morgan fingerprint density at radius 3 is 2.71 bits per heavy atom. The van der Waals surface area contributed by atoms with E-state index in [1.54, 1.807) is 0 Å². The third-order valence-corrected chi connectivity index (χ3v) is 3.11. The average molecular weight is 246 g/mol. The lowest BCUT2D eigenvalue weighted by Gasteiger charge is -2.05. The van der Waals surface area contributed by atoms with Crippen molar-refractivity contribution in [2.24, 2.45) is 7.05 Å². The third-order valence-electron chi connectivity index (χ3n) is 2.88. The van der Waals surface area contributed by atoms with Crippen LogP contribution < -0.4 is 0 Å². The molecule has 0 fully saturated rings. The predicted molar refractivity (Wildman–Crippen MR) is 69.8 cm³/mol. The van der Waals surface area contributed by atoms with E-state index in [4.69, 9.17) is 11.6 Å². The highest BCUT2D eigenvalue weighted by Crippen LogP contribution is 2.23. The first-order valence-electron chi connectivity index (χ1n) is 5.43. The summed E-state index contributed by atoms with van der Waals surface area (Å²) in [6, 6.07) is 10.0. The molecule has 3 nitrogen and oxygen atoms in total. The Labute approximate surface area is 104 Å². The van der Waals surface area contributed by atoms with Crippen LogP contribution in [0.5, 0.6) is 0 Å². The summed E-state index contributed by atoms with van der Waals surface area (Å²) in [5.41, 5.74) is 2.15.